The summed E-state index contributed by atoms with van der Waals surface area (Å²) in [4.78, 5) is 34.4. The van der Waals surface area contributed by atoms with Gasteiger partial charge in [0, 0.05) is 22.7 Å². The van der Waals surface area contributed by atoms with Crippen LogP contribution in [-0.4, -0.2) is 21.6 Å². The van der Waals surface area contributed by atoms with Crippen molar-refractivity contribution in [3.05, 3.63) is 48.8 Å². The quantitative estimate of drug-likeness (QED) is 0.338. The first kappa shape index (κ1) is 21.5. The molecule has 158 valence electrons. The lowest BCUT2D eigenvalue weighted by Crippen LogP contribution is -2.14. The fourth-order valence-corrected chi connectivity index (χ4v) is 6.06. The Balaban J connectivity index is 1.33. The maximum Gasteiger partial charge on any atom is 0.259 e. The summed E-state index contributed by atoms with van der Waals surface area (Å²) in [6.07, 6.45) is 4.63. The molecule has 2 heterocycles. The monoisotopic (exact) mass is 482 g/mol. The number of nitrogens with two attached hydrogens (primary N) is 1. The number of carbonyl (C=O) groups excluding carboxylic acids is 1. The van der Waals surface area contributed by atoms with Gasteiger partial charge in [0.25, 0.3) is 5.56 Å². The maximum atomic E-state index is 12.6. The summed E-state index contributed by atoms with van der Waals surface area (Å²) in [5.41, 5.74) is 7.63. The van der Waals surface area contributed by atoms with E-state index in [-0.39, 0.29) is 17.2 Å². The highest BCUT2D eigenvalue weighted by molar-refractivity contribution is 7.98. The van der Waals surface area contributed by atoms with Gasteiger partial charge in [-0.05, 0) is 43.4 Å². The van der Waals surface area contributed by atoms with Crippen LogP contribution in [0.3, 0.4) is 0 Å². The van der Waals surface area contributed by atoms with Crippen molar-refractivity contribution in [3.8, 4) is 0 Å². The van der Waals surface area contributed by atoms with Crippen molar-refractivity contribution in [2.45, 2.75) is 37.9 Å². The molecule has 30 heavy (non-hydrogen) atoms. The molecule has 10 heteroatoms. The van der Waals surface area contributed by atoms with Gasteiger partial charge in [0.1, 0.15) is 10.7 Å². The van der Waals surface area contributed by atoms with Gasteiger partial charge in [0.2, 0.25) is 5.91 Å². The Morgan fingerprint density at radius 3 is 2.77 bits per heavy atom. The minimum atomic E-state index is -0.151. The number of rotatable bonds is 6. The van der Waals surface area contributed by atoms with Crippen molar-refractivity contribution < 1.29 is 4.79 Å². The number of carbonyl (C=O) groups is 1. The summed E-state index contributed by atoms with van der Waals surface area (Å²) in [5.74, 6) is 1.63. The van der Waals surface area contributed by atoms with E-state index in [0.717, 1.165) is 29.5 Å². The SMILES string of the molecule is Nc1c(Cl)cc(NC(=O)CCSCc2nc3sc4c(c3c(=O)[nH]2)CCCC4)cc1Cl. The molecule has 3 aromatic rings. The Labute approximate surface area is 191 Å². The summed E-state index contributed by atoms with van der Waals surface area (Å²) >= 11 is 15.2. The lowest BCUT2D eigenvalue weighted by Gasteiger charge is -2.09. The molecule has 1 aliphatic carbocycles. The van der Waals surface area contributed by atoms with Crippen molar-refractivity contribution in [3.63, 3.8) is 0 Å². The summed E-state index contributed by atoms with van der Waals surface area (Å²) in [6, 6.07) is 3.14. The Morgan fingerprint density at radius 2 is 2.00 bits per heavy atom. The molecule has 1 aliphatic rings. The van der Waals surface area contributed by atoms with Crippen LogP contribution in [-0.2, 0) is 23.4 Å². The molecule has 0 bridgehead atoms. The van der Waals surface area contributed by atoms with Gasteiger partial charge < -0.3 is 16.0 Å². The van der Waals surface area contributed by atoms with Crippen LogP contribution >= 0.6 is 46.3 Å². The second-order valence-electron chi connectivity index (χ2n) is 7.11. The standard InChI is InChI=1S/C20H20Cl2N4O2S2/c21-12-7-10(8-13(22)18(12)23)24-16(27)5-6-29-9-15-25-19(28)17-11-3-1-2-4-14(11)30-20(17)26-15/h7-8H,1-6,9,23H2,(H,24,27)(H,25,26,28). The lowest BCUT2D eigenvalue weighted by molar-refractivity contribution is -0.115. The van der Waals surface area contributed by atoms with E-state index in [2.05, 4.69) is 15.3 Å². The van der Waals surface area contributed by atoms with Gasteiger partial charge in [-0.1, -0.05) is 23.2 Å². The Morgan fingerprint density at radius 1 is 1.27 bits per heavy atom. The first-order valence-corrected chi connectivity index (χ1v) is 12.3. The van der Waals surface area contributed by atoms with Gasteiger partial charge in [-0.3, -0.25) is 9.59 Å². The number of anilines is 2. The predicted molar refractivity (Wildman–Crippen MR) is 127 cm³/mol. The molecule has 6 nitrogen and oxygen atoms in total. The maximum absolute atomic E-state index is 12.6. The van der Waals surface area contributed by atoms with Crippen molar-refractivity contribution in [1.82, 2.24) is 9.97 Å². The van der Waals surface area contributed by atoms with E-state index in [1.807, 2.05) is 0 Å². The predicted octanol–water partition coefficient (Wildman–Crippen LogP) is 5.01. The number of halogens is 2. The van der Waals surface area contributed by atoms with Crippen LogP contribution in [0.4, 0.5) is 11.4 Å². The zero-order valence-electron chi connectivity index (χ0n) is 16.0. The number of thioether (sulfide) groups is 1. The topological polar surface area (TPSA) is 101 Å². The van der Waals surface area contributed by atoms with Gasteiger partial charge in [-0.15, -0.1) is 11.3 Å². The van der Waals surface area contributed by atoms with Crippen LogP contribution < -0.4 is 16.6 Å². The molecule has 0 fully saturated rings. The van der Waals surface area contributed by atoms with Crippen molar-refractivity contribution >= 4 is 73.8 Å². The fraction of sp³-hybridized carbons (Fsp3) is 0.350. The molecule has 4 rings (SSSR count). The molecule has 0 aliphatic heterocycles. The molecule has 0 radical (unpaired) electrons. The lowest BCUT2D eigenvalue weighted by atomic mass is 9.97. The van der Waals surface area contributed by atoms with E-state index in [9.17, 15) is 9.59 Å². The molecular formula is C20H20Cl2N4O2S2. The summed E-state index contributed by atoms with van der Waals surface area (Å²) < 4.78 is 0. The number of nitrogens with one attached hydrogen (secondary N) is 2. The number of hydrogen-bond donors (Lipinski definition) is 3. The normalized spacial score (nSPS) is 13.4. The van der Waals surface area contributed by atoms with Crippen LogP contribution in [0.5, 0.6) is 0 Å². The number of aromatic nitrogens is 2. The average Bonchev–Trinajstić information content (AvgIpc) is 3.08. The molecule has 4 N–H and O–H groups in total. The van der Waals surface area contributed by atoms with Gasteiger partial charge in [0.15, 0.2) is 0 Å². The van der Waals surface area contributed by atoms with E-state index in [1.165, 1.54) is 16.9 Å². The number of H-pyrrole nitrogens is 1. The number of benzene rings is 1. The summed E-state index contributed by atoms with van der Waals surface area (Å²) in [6.45, 7) is 0. The Hall–Kier alpha value is -1.74. The van der Waals surface area contributed by atoms with Crippen LogP contribution in [0.25, 0.3) is 10.2 Å². The first-order chi connectivity index (χ1) is 14.4. The molecule has 2 aromatic heterocycles. The molecule has 0 saturated carbocycles. The second-order valence-corrected chi connectivity index (χ2v) is 10.1. The second kappa shape index (κ2) is 9.18. The molecule has 0 unspecified atom stereocenters. The third kappa shape index (κ3) is 4.61. The summed E-state index contributed by atoms with van der Waals surface area (Å²) in [5, 5.41) is 4.13. The van der Waals surface area contributed by atoms with Crippen molar-refractivity contribution in [2.24, 2.45) is 0 Å². The molecule has 0 atom stereocenters. The third-order valence-electron chi connectivity index (χ3n) is 4.95. The van der Waals surface area contributed by atoms with Crippen molar-refractivity contribution in [1.29, 1.82) is 0 Å². The van der Waals surface area contributed by atoms with E-state index in [0.29, 0.717) is 39.5 Å². The number of amides is 1. The van der Waals surface area contributed by atoms with Gasteiger partial charge >= 0.3 is 0 Å². The smallest absolute Gasteiger partial charge is 0.259 e. The number of nitrogens with zero attached hydrogens (tertiary/aromatic N) is 1. The average molecular weight is 483 g/mol. The van der Waals surface area contributed by atoms with Gasteiger partial charge in [0.05, 0.1) is 26.9 Å². The highest BCUT2D eigenvalue weighted by Gasteiger charge is 2.19. The third-order valence-corrected chi connectivity index (χ3v) is 7.73. The zero-order valence-corrected chi connectivity index (χ0v) is 19.2. The molecule has 0 spiro atoms. The largest absolute Gasteiger partial charge is 0.396 e. The van der Waals surface area contributed by atoms with Crippen LogP contribution in [0.2, 0.25) is 10.0 Å². The van der Waals surface area contributed by atoms with Crippen LogP contribution in [0.1, 0.15) is 35.5 Å². The molecule has 1 aromatic carbocycles. The Bertz CT molecular complexity index is 1150. The Kier molecular flexibility index (Phi) is 6.57. The number of aryl methyl sites for hydroxylation is 2. The highest BCUT2D eigenvalue weighted by Crippen LogP contribution is 2.34. The van der Waals surface area contributed by atoms with E-state index in [1.54, 1.807) is 35.2 Å². The van der Waals surface area contributed by atoms with E-state index >= 15 is 0 Å². The molecular weight excluding hydrogens is 463 g/mol. The minimum absolute atomic E-state index is 0.0511. The van der Waals surface area contributed by atoms with Crippen LogP contribution in [0, 0.1) is 0 Å². The van der Waals surface area contributed by atoms with Gasteiger partial charge in [-0.25, -0.2) is 4.98 Å². The molecule has 1 amide bonds. The number of fused-ring (bicyclic) bond motifs is 3. The minimum Gasteiger partial charge on any atom is -0.396 e. The molecule has 0 saturated heterocycles. The van der Waals surface area contributed by atoms with Crippen LogP contribution in [0.15, 0.2) is 16.9 Å². The number of nitrogen functional groups attached to an aromatic ring is 1. The number of aromatic amines is 1. The van der Waals surface area contributed by atoms with Crippen molar-refractivity contribution in [2.75, 3.05) is 16.8 Å². The zero-order chi connectivity index (χ0) is 21.3. The first-order valence-electron chi connectivity index (χ1n) is 9.58. The number of hydrogen-bond acceptors (Lipinski definition) is 6. The fourth-order valence-electron chi connectivity index (χ4n) is 3.49. The number of thiophene rings is 1. The van der Waals surface area contributed by atoms with Gasteiger partial charge in [-0.2, -0.15) is 11.8 Å². The van der Waals surface area contributed by atoms with E-state index < -0.39 is 0 Å². The summed E-state index contributed by atoms with van der Waals surface area (Å²) in [7, 11) is 0. The highest BCUT2D eigenvalue weighted by atomic mass is 35.5. The van der Waals surface area contributed by atoms with E-state index in [4.69, 9.17) is 28.9 Å².